The lowest BCUT2D eigenvalue weighted by Gasteiger charge is -2.08. The van der Waals surface area contributed by atoms with E-state index in [1.165, 1.54) is 0 Å². The van der Waals surface area contributed by atoms with Gasteiger partial charge in [0.05, 0.1) is 12.8 Å². The third kappa shape index (κ3) is 3.21. The summed E-state index contributed by atoms with van der Waals surface area (Å²) in [5.74, 6) is 1.48. The zero-order valence-corrected chi connectivity index (χ0v) is 11.3. The maximum atomic E-state index is 5.71. The second-order valence-electron chi connectivity index (χ2n) is 3.70. The molecule has 0 unspecified atom stereocenters. The Morgan fingerprint density at radius 3 is 2.78 bits per heavy atom. The van der Waals surface area contributed by atoms with Gasteiger partial charge in [-0.3, -0.25) is 0 Å². The first-order chi connectivity index (χ1) is 8.83. The molecule has 0 amide bonds. The lowest BCUT2D eigenvalue weighted by molar-refractivity contribution is 0.284. The molecule has 5 heteroatoms. The topological polar surface area (TPSA) is 43.4 Å². The molecule has 0 aliphatic heterocycles. The molecular formula is C13H16N2O2S. The Hall–Kier alpha value is -1.59. The molecule has 0 spiro atoms. The number of aromatic nitrogens is 1. The number of nitrogens with zero attached hydrogens (tertiary/aromatic N) is 1. The highest BCUT2D eigenvalue weighted by Gasteiger charge is 2.05. The summed E-state index contributed by atoms with van der Waals surface area (Å²) >= 11 is 1.61. The van der Waals surface area contributed by atoms with Gasteiger partial charge >= 0.3 is 0 Å². The molecule has 2 rings (SSSR count). The lowest BCUT2D eigenvalue weighted by atomic mass is 10.3. The van der Waals surface area contributed by atoms with Gasteiger partial charge in [-0.05, 0) is 19.2 Å². The van der Waals surface area contributed by atoms with Crippen LogP contribution in [0.25, 0.3) is 0 Å². The highest BCUT2D eigenvalue weighted by atomic mass is 32.1. The van der Waals surface area contributed by atoms with E-state index in [1.54, 1.807) is 18.4 Å². The van der Waals surface area contributed by atoms with Crippen molar-refractivity contribution in [1.29, 1.82) is 0 Å². The molecule has 0 atom stereocenters. The van der Waals surface area contributed by atoms with Crippen molar-refractivity contribution in [3.05, 3.63) is 40.3 Å². The molecule has 1 aromatic heterocycles. The van der Waals surface area contributed by atoms with Crippen LogP contribution in [-0.4, -0.2) is 19.1 Å². The van der Waals surface area contributed by atoms with Crippen molar-refractivity contribution < 1.29 is 9.47 Å². The van der Waals surface area contributed by atoms with Crippen LogP contribution in [0.15, 0.2) is 29.6 Å². The van der Waals surface area contributed by atoms with Gasteiger partial charge in [0.1, 0.15) is 11.6 Å². The predicted molar refractivity (Wildman–Crippen MR) is 72.2 cm³/mol. The van der Waals surface area contributed by atoms with E-state index in [0.717, 1.165) is 28.7 Å². The van der Waals surface area contributed by atoms with Crippen LogP contribution in [0.2, 0.25) is 0 Å². The quantitative estimate of drug-likeness (QED) is 0.870. The van der Waals surface area contributed by atoms with Gasteiger partial charge in [0, 0.05) is 11.9 Å². The number of benzene rings is 1. The number of rotatable bonds is 6. The minimum absolute atomic E-state index is 0.467. The average Bonchev–Trinajstić information content (AvgIpc) is 2.85. The van der Waals surface area contributed by atoms with E-state index >= 15 is 0 Å². The van der Waals surface area contributed by atoms with Crippen LogP contribution in [0.4, 0.5) is 0 Å². The van der Waals surface area contributed by atoms with Gasteiger partial charge in [-0.25, -0.2) is 4.98 Å². The summed E-state index contributed by atoms with van der Waals surface area (Å²) in [4.78, 5) is 4.46. The lowest BCUT2D eigenvalue weighted by Crippen LogP contribution is -2.05. The summed E-state index contributed by atoms with van der Waals surface area (Å²) in [6.45, 7) is 1.25. The maximum absolute atomic E-state index is 5.71. The summed E-state index contributed by atoms with van der Waals surface area (Å²) in [7, 11) is 3.54. The van der Waals surface area contributed by atoms with Crippen molar-refractivity contribution in [3.63, 3.8) is 0 Å². The minimum Gasteiger partial charge on any atom is -0.493 e. The van der Waals surface area contributed by atoms with Gasteiger partial charge < -0.3 is 14.8 Å². The normalized spacial score (nSPS) is 10.3. The molecule has 0 aliphatic carbocycles. The summed E-state index contributed by atoms with van der Waals surface area (Å²) in [5.41, 5.74) is 1.04. The molecule has 0 saturated carbocycles. The van der Waals surface area contributed by atoms with Crippen molar-refractivity contribution in [2.45, 2.75) is 13.2 Å². The standard InChI is InChI=1S/C13H16N2O2S/c1-14-7-10-9-18-13(15-10)8-17-12-6-4-3-5-11(12)16-2/h3-6,9,14H,7-8H2,1-2H3. The first-order valence-corrected chi connectivity index (χ1v) is 6.55. The van der Waals surface area contributed by atoms with Crippen molar-refractivity contribution in [3.8, 4) is 11.5 Å². The smallest absolute Gasteiger partial charge is 0.161 e. The van der Waals surface area contributed by atoms with Crippen molar-refractivity contribution in [2.75, 3.05) is 14.2 Å². The van der Waals surface area contributed by atoms with Crippen LogP contribution in [-0.2, 0) is 13.2 Å². The number of nitrogens with one attached hydrogen (secondary N) is 1. The van der Waals surface area contributed by atoms with Crippen molar-refractivity contribution >= 4 is 11.3 Å². The zero-order valence-electron chi connectivity index (χ0n) is 10.5. The van der Waals surface area contributed by atoms with Crippen molar-refractivity contribution in [2.24, 2.45) is 0 Å². The van der Waals surface area contributed by atoms with E-state index in [-0.39, 0.29) is 0 Å². The van der Waals surface area contributed by atoms with Crippen LogP contribution in [0.1, 0.15) is 10.7 Å². The van der Waals surface area contributed by atoms with Gasteiger partial charge in [0.25, 0.3) is 0 Å². The Morgan fingerprint density at radius 1 is 1.28 bits per heavy atom. The number of hydrogen-bond donors (Lipinski definition) is 1. The second kappa shape index (κ2) is 6.37. The Kier molecular flexibility index (Phi) is 4.55. The molecule has 96 valence electrons. The van der Waals surface area contributed by atoms with E-state index in [2.05, 4.69) is 10.3 Å². The molecule has 4 nitrogen and oxygen atoms in total. The SMILES string of the molecule is CNCc1csc(COc2ccccc2OC)n1. The molecular weight excluding hydrogens is 248 g/mol. The molecule has 0 radical (unpaired) electrons. The van der Waals surface area contributed by atoms with Crippen LogP contribution in [0.5, 0.6) is 11.5 Å². The molecule has 18 heavy (non-hydrogen) atoms. The summed E-state index contributed by atoms with van der Waals surface area (Å²) in [5, 5.41) is 6.08. The number of hydrogen-bond acceptors (Lipinski definition) is 5. The number of ether oxygens (including phenoxy) is 2. The summed E-state index contributed by atoms with van der Waals surface area (Å²) < 4.78 is 10.9. The van der Waals surface area contributed by atoms with Crippen LogP contribution in [0, 0.1) is 0 Å². The Morgan fingerprint density at radius 2 is 2.06 bits per heavy atom. The Labute approximate surface area is 111 Å². The van der Waals surface area contributed by atoms with Gasteiger partial charge in [-0.15, -0.1) is 11.3 Å². The van der Waals surface area contributed by atoms with Gasteiger partial charge in [0.2, 0.25) is 0 Å². The molecule has 1 aromatic carbocycles. The van der Waals surface area contributed by atoms with Gasteiger partial charge in [-0.2, -0.15) is 0 Å². The largest absolute Gasteiger partial charge is 0.493 e. The Balaban J connectivity index is 1.97. The highest BCUT2D eigenvalue weighted by Crippen LogP contribution is 2.26. The molecule has 1 N–H and O–H groups in total. The fraction of sp³-hybridized carbons (Fsp3) is 0.308. The van der Waals surface area contributed by atoms with Gasteiger partial charge in [0.15, 0.2) is 11.5 Å². The number of methoxy groups -OCH3 is 1. The molecule has 1 heterocycles. The third-order valence-electron chi connectivity index (χ3n) is 2.38. The number of para-hydroxylation sites is 2. The molecule has 0 fully saturated rings. The average molecular weight is 264 g/mol. The summed E-state index contributed by atoms with van der Waals surface area (Å²) in [6, 6.07) is 7.61. The highest BCUT2D eigenvalue weighted by molar-refractivity contribution is 7.09. The van der Waals surface area contributed by atoms with Crippen molar-refractivity contribution in [1.82, 2.24) is 10.3 Å². The zero-order chi connectivity index (χ0) is 12.8. The predicted octanol–water partition coefficient (Wildman–Crippen LogP) is 2.45. The van der Waals surface area contributed by atoms with E-state index < -0.39 is 0 Å². The van der Waals surface area contributed by atoms with Crippen LogP contribution in [0.3, 0.4) is 0 Å². The van der Waals surface area contributed by atoms with E-state index in [4.69, 9.17) is 9.47 Å². The maximum Gasteiger partial charge on any atom is 0.161 e. The molecule has 0 saturated heterocycles. The van der Waals surface area contributed by atoms with Crippen LogP contribution < -0.4 is 14.8 Å². The van der Waals surface area contributed by atoms with E-state index in [9.17, 15) is 0 Å². The fourth-order valence-corrected chi connectivity index (χ4v) is 2.26. The number of thiazole rings is 1. The Bertz CT molecular complexity index is 499. The van der Waals surface area contributed by atoms with E-state index in [0.29, 0.717) is 6.61 Å². The molecule has 0 aliphatic rings. The first-order valence-electron chi connectivity index (χ1n) is 5.67. The van der Waals surface area contributed by atoms with Gasteiger partial charge in [-0.1, -0.05) is 12.1 Å². The third-order valence-corrected chi connectivity index (χ3v) is 3.25. The minimum atomic E-state index is 0.467. The second-order valence-corrected chi connectivity index (χ2v) is 4.65. The summed E-state index contributed by atoms with van der Waals surface area (Å²) in [6.07, 6.45) is 0. The van der Waals surface area contributed by atoms with Crippen LogP contribution >= 0.6 is 11.3 Å². The van der Waals surface area contributed by atoms with E-state index in [1.807, 2.05) is 36.7 Å². The molecule has 0 bridgehead atoms. The first kappa shape index (κ1) is 12.9. The fourth-order valence-electron chi connectivity index (χ4n) is 1.56. The molecule has 2 aromatic rings. The monoisotopic (exact) mass is 264 g/mol.